The summed E-state index contributed by atoms with van der Waals surface area (Å²) in [4.78, 5) is 17.3. The van der Waals surface area contributed by atoms with Crippen molar-refractivity contribution < 1.29 is 28.0 Å². The van der Waals surface area contributed by atoms with E-state index in [0.717, 1.165) is 18.4 Å². The Morgan fingerprint density at radius 1 is 1.03 bits per heavy atom. The van der Waals surface area contributed by atoms with Crippen molar-refractivity contribution in [2.45, 2.75) is 43.9 Å². The van der Waals surface area contributed by atoms with Crippen molar-refractivity contribution in [1.29, 1.82) is 0 Å². The minimum absolute atomic E-state index is 0. The van der Waals surface area contributed by atoms with Crippen LogP contribution in [-0.2, 0) is 21.1 Å². The number of carbonyl (C=O) groups excluding carboxylic acids is 1. The summed E-state index contributed by atoms with van der Waals surface area (Å²) in [6.45, 7) is 0. The molecule has 1 aliphatic carbocycles. The van der Waals surface area contributed by atoms with Gasteiger partial charge in [-0.15, -0.1) is 0 Å². The topological polar surface area (TPSA) is 126 Å². The molecule has 3 N–H and O–H groups in total. The molecule has 1 heterocycles. The summed E-state index contributed by atoms with van der Waals surface area (Å²) < 4.78 is 32.1. The number of aromatic nitrogens is 1. The molecule has 0 unspecified atom stereocenters. The molecule has 8 nitrogen and oxygen atoms in total. The first-order chi connectivity index (χ1) is 17.3. The number of nitrogens with one attached hydrogen (secondary N) is 1. The molecule has 0 bridgehead atoms. The maximum atomic E-state index is 13.3. The Morgan fingerprint density at radius 2 is 1.68 bits per heavy atom. The molecule has 0 radical (unpaired) electrons. The molecule has 2 aromatic carbocycles. The Morgan fingerprint density at radius 3 is 2.24 bits per heavy atom. The van der Waals surface area contributed by atoms with Crippen molar-refractivity contribution in [1.82, 2.24) is 10.3 Å². The van der Waals surface area contributed by atoms with Crippen LogP contribution in [0.2, 0.25) is 0 Å². The molecule has 1 amide bonds. The summed E-state index contributed by atoms with van der Waals surface area (Å²) in [6.07, 6.45) is 3.82. The van der Waals surface area contributed by atoms with E-state index >= 15 is 0 Å². The Bertz CT molecular complexity index is 1240. The molecule has 0 aliphatic heterocycles. The minimum Gasteiger partial charge on any atom is -0.439 e. The molecule has 1 saturated carbocycles. The van der Waals surface area contributed by atoms with Crippen molar-refractivity contribution in [2.75, 3.05) is 5.75 Å². The van der Waals surface area contributed by atoms with E-state index < -0.39 is 40.5 Å². The van der Waals surface area contributed by atoms with Crippen LogP contribution in [0.5, 0.6) is 11.6 Å². The average molecular weight is 524 g/mol. The van der Waals surface area contributed by atoms with E-state index in [2.05, 4.69) is 10.3 Å². The predicted molar refractivity (Wildman–Crippen MR) is 143 cm³/mol. The minimum atomic E-state index is -3.88. The highest BCUT2D eigenvalue weighted by molar-refractivity contribution is 7.91. The first-order valence-corrected chi connectivity index (χ1v) is 13.6. The van der Waals surface area contributed by atoms with Gasteiger partial charge in [0.05, 0.1) is 22.5 Å². The van der Waals surface area contributed by atoms with E-state index in [9.17, 15) is 23.3 Å². The molecule has 1 aliphatic rings. The summed E-state index contributed by atoms with van der Waals surface area (Å²) in [6, 6.07) is 21.0. The van der Waals surface area contributed by atoms with Gasteiger partial charge in [0.2, 0.25) is 11.8 Å². The van der Waals surface area contributed by atoms with Crippen LogP contribution in [0.4, 0.5) is 0 Å². The number of pyridine rings is 1. The second-order valence-corrected chi connectivity index (χ2v) is 11.2. The van der Waals surface area contributed by atoms with Crippen molar-refractivity contribution in [3.05, 3.63) is 84.6 Å². The normalized spacial score (nSPS) is 14.6. The smallest absolute Gasteiger partial charge is 0.439 e. The zero-order valence-electron chi connectivity index (χ0n) is 19.7. The van der Waals surface area contributed by atoms with Crippen molar-refractivity contribution in [3.63, 3.8) is 0 Å². The summed E-state index contributed by atoms with van der Waals surface area (Å²) >= 11 is 0. The van der Waals surface area contributed by atoms with Gasteiger partial charge in [-0.2, -0.15) is 0 Å². The number of hydrogen-bond acceptors (Lipinski definition) is 7. The van der Waals surface area contributed by atoms with Gasteiger partial charge in [-0.25, -0.2) is 13.4 Å². The third-order valence-electron chi connectivity index (χ3n) is 6.12. The lowest BCUT2D eigenvalue weighted by Gasteiger charge is -2.22. The molecule has 1 fully saturated rings. The molecule has 10 heteroatoms. The van der Waals surface area contributed by atoms with Gasteiger partial charge in [0.15, 0.2) is 9.84 Å². The standard InChI is InChI=1S/C26H29BN2O6S.CH4/c30-26(29-24(27(31)32)16-20-11-12-20)21(15-19-7-3-1-4-8-19)18-36(33,34)23-13-14-25(28-17-23)35-22-9-5-2-6-10-22;/h1-10,13-14,17,20-21,24,31-32H,11-12,15-16,18H2,(H,29,30);1H4/t21-,24+;/m1./s1. The third-order valence-corrected chi connectivity index (χ3v) is 7.92. The number of para-hydroxylation sites is 1. The molecule has 3 aromatic rings. The lowest BCUT2D eigenvalue weighted by atomic mass is 9.76. The number of benzene rings is 2. The summed E-state index contributed by atoms with van der Waals surface area (Å²) in [7, 11) is -5.60. The molecule has 1 aromatic heterocycles. The second kappa shape index (κ2) is 12.8. The number of carbonyl (C=O) groups is 1. The number of ether oxygens (including phenoxy) is 1. The molecular formula is C27H33BN2O6S. The molecule has 37 heavy (non-hydrogen) atoms. The Hall–Kier alpha value is -3.21. The molecular weight excluding hydrogens is 491 g/mol. The first-order valence-electron chi connectivity index (χ1n) is 11.9. The average Bonchev–Trinajstić information content (AvgIpc) is 3.69. The van der Waals surface area contributed by atoms with Gasteiger partial charge >= 0.3 is 7.12 Å². The van der Waals surface area contributed by atoms with Gasteiger partial charge < -0.3 is 20.1 Å². The van der Waals surface area contributed by atoms with Gasteiger partial charge in [0.1, 0.15) is 5.75 Å². The van der Waals surface area contributed by atoms with Crippen LogP contribution in [0.3, 0.4) is 0 Å². The van der Waals surface area contributed by atoms with E-state index in [1.807, 2.05) is 48.5 Å². The molecule has 0 spiro atoms. The predicted octanol–water partition coefficient (Wildman–Crippen LogP) is 3.44. The Kier molecular flexibility index (Phi) is 9.85. The fraction of sp³-hybridized carbons (Fsp3) is 0.333. The fourth-order valence-corrected chi connectivity index (χ4v) is 5.46. The quantitative estimate of drug-likeness (QED) is 0.310. The van der Waals surface area contributed by atoms with Gasteiger partial charge in [-0.1, -0.05) is 68.8 Å². The molecule has 4 rings (SSSR count). The maximum Gasteiger partial charge on any atom is 0.475 e. The van der Waals surface area contributed by atoms with Crippen LogP contribution in [0.15, 0.2) is 83.9 Å². The maximum absolute atomic E-state index is 13.3. The highest BCUT2D eigenvalue weighted by Gasteiger charge is 2.35. The lowest BCUT2D eigenvalue weighted by molar-refractivity contribution is -0.124. The second-order valence-electron chi connectivity index (χ2n) is 9.12. The molecule has 0 saturated heterocycles. The largest absolute Gasteiger partial charge is 0.475 e. The van der Waals surface area contributed by atoms with Crippen LogP contribution >= 0.6 is 0 Å². The van der Waals surface area contributed by atoms with Crippen LogP contribution < -0.4 is 10.1 Å². The Balaban J connectivity index is 0.00000380. The van der Waals surface area contributed by atoms with Crippen molar-refractivity contribution in [3.8, 4) is 11.6 Å². The van der Waals surface area contributed by atoms with Gasteiger partial charge in [-0.3, -0.25) is 4.79 Å². The lowest BCUT2D eigenvalue weighted by Crippen LogP contribution is -2.50. The molecule has 196 valence electrons. The summed E-state index contributed by atoms with van der Waals surface area (Å²) in [5, 5.41) is 22.2. The number of hydrogen-bond donors (Lipinski definition) is 3. The SMILES string of the molecule is C.O=C(N[C@@H](CC1CC1)B(O)O)[C@H](Cc1ccccc1)CS(=O)(=O)c1ccc(Oc2ccccc2)nc1. The van der Waals surface area contributed by atoms with E-state index in [4.69, 9.17) is 4.74 Å². The van der Waals surface area contributed by atoms with Crippen LogP contribution in [-0.4, -0.2) is 48.2 Å². The van der Waals surface area contributed by atoms with E-state index in [1.165, 1.54) is 18.3 Å². The highest BCUT2D eigenvalue weighted by atomic mass is 32.2. The number of rotatable bonds is 12. The van der Waals surface area contributed by atoms with E-state index in [0.29, 0.717) is 18.1 Å². The fourth-order valence-electron chi connectivity index (χ4n) is 3.98. The van der Waals surface area contributed by atoms with E-state index in [1.54, 1.807) is 12.1 Å². The number of amides is 1. The summed E-state index contributed by atoms with van der Waals surface area (Å²) in [5.74, 6) is -1.59. The summed E-state index contributed by atoms with van der Waals surface area (Å²) in [5.41, 5.74) is 0.806. The van der Waals surface area contributed by atoms with Crippen LogP contribution in [0.25, 0.3) is 0 Å². The van der Waals surface area contributed by atoms with Crippen molar-refractivity contribution >= 4 is 22.9 Å². The van der Waals surface area contributed by atoms with Gasteiger partial charge in [0.25, 0.3) is 0 Å². The van der Waals surface area contributed by atoms with E-state index in [-0.39, 0.29) is 24.6 Å². The van der Waals surface area contributed by atoms with Crippen LogP contribution in [0.1, 0.15) is 32.3 Å². The number of nitrogens with zero attached hydrogens (tertiary/aromatic N) is 1. The van der Waals surface area contributed by atoms with Crippen LogP contribution in [0, 0.1) is 11.8 Å². The Labute approximate surface area is 218 Å². The zero-order chi connectivity index (χ0) is 25.5. The van der Waals surface area contributed by atoms with Crippen molar-refractivity contribution in [2.24, 2.45) is 11.8 Å². The first kappa shape index (κ1) is 28.4. The zero-order valence-corrected chi connectivity index (χ0v) is 20.5. The van der Waals surface area contributed by atoms with Gasteiger partial charge in [-0.05, 0) is 42.5 Å². The monoisotopic (exact) mass is 524 g/mol. The van der Waals surface area contributed by atoms with Gasteiger partial charge in [0, 0.05) is 12.3 Å². The molecule has 2 atom stereocenters. The third kappa shape index (κ3) is 8.41. The number of sulfone groups is 1. The highest BCUT2D eigenvalue weighted by Crippen LogP contribution is 2.33.